The summed E-state index contributed by atoms with van der Waals surface area (Å²) in [7, 11) is 0. The van der Waals surface area contributed by atoms with E-state index in [1.165, 1.54) is 17.7 Å². The zero-order chi connectivity index (χ0) is 16.4. The van der Waals surface area contributed by atoms with Gasteiger partial charge in [0.1, 0.15) is 0 Å². The fourth-order valence-electron chi connectivity index (χ4n) is 3.73. The lowest BCUT2D eigenvalue weighted by molar-refractivity contribution is 0.0716. The number of aromatic nitrogens is 2. The summed E-state index contributed by atoms with van der Waals surface area (Å²) >= 11 is 0. The minimum atomic E-state index is 0.112. The molecule has 4 rings (SSSR count). The fraction of sp³-hybridized carbons (Fsp3) is 0.474. The van der Waals surface area contributed by atoms with E-state index in [1.807, 2.05) is 27.8 Å². The lowest BCUT2D eigenvalue weighted by Crippen LogP contribution is -2.37. The molecular formula is C19H24N4O. The number of benzene rings is 1. The third-order valence-electron chi connectivity index (χ3n) is 5.03. The molecule has 0 atom stereocenters. The number of carbonyl (C=O) groups is 1. The Hall–Kier alpha value is -2.14. The molecule has 2 aliphatic rings. The first-order valence-corrected chi connectivity index (χ1v) is 8.95. The third kappa shape index (κ3) is 2.96. The lowest BCUT2D eigenvalue weighted by Gasteiger charge is -2.26. The van der Waals surface area contributed by atoms with Crippen molar-refractivity contribution in [2.45, 2.75) is 38.8 Å². The van der Waals surface area contributed by atoms with Crippen LogP contribution < -0.4 is 5.32 Å². The van der Waals surface area contributed by atoms with Gasteiger partial charge in [-0.05, 0) is 24.8 Å². The van der Waals surface area contributed by atoms with Crippen LogP contribution in [-0.4, -0.2) is 40.2 Å². The first kappa shape index (κ1) is 15.4. The predicted molar refractivity (Wildman–Crippen MR) is 92.9 cm³/mol. The summed E-state index contributed by atoms with van der Waals surface area (Å²) in [5, 5.41) is 8.14. The molecule has 1 aromatic heterocycles. The van der Waals surface area contributed by atoms with Crippen molar-refractivity contribution in [3.05, 3.63) is 52.8 Å². The Morgan fingerprint density at radius 1 is 1.12 bits per heavy atom. The van der Waals surface area contributed by atoms with Crippen molar-refractivity contribution in [1.29, 1.82) is 0 Å². The molecule has 126 valence electrons. The number of hydrogen-bond acceptors (Lipinski definition) is 3. The topological polar surface area (TPSA) is 50.2 Å². The van der Waals surface area contributed by atoms with Crippen molar-refractivity contribution in [3.63, 3.8) is 0 Å². The van der Waals surface area contributed by atoms with E-state index in [2.05, 4.69) is 17.4 Å². The van der Waals surface area contributed by atoms with E-state index >= 15 is 0 Å². The highest BCUT2D eigenvalue weighted by molar-refractivity contribution is 5.94. The summed E-state index contributed by atoms with van der Waals surface area (Å²) in [6.07, 6.45) is 4.38. The molecule has 3 heterocycles. The molecule has 1 fully saturated rings. The number of likely N-dealkylation sites (tertiary alicyclic amines) is 1. The maximum Gasteiger partial charge on any atom is 0.274 e. The van der Waals surface area contributed by atoms with Gasteiger partial charge in [-0.15, -0.1) is 0 Å². The number of piperidine rings is 1. The van der Waals surface area contributed by atoms with E-state index in [0.717, 1.165) is 57.5 Å². The molecule has 24 heavy (non-hydrogen) atoms. The van der Waals surface area contributed by atoms with Gasteiger partial charge in [-0.2, -0.15) is 5.10 Å². The normalized spacial score (nSPS) is 17.6. The molecule has 1 saturated heterocycles. The van der Waals surface area contributed by atoms with Crippen LogP contribution in [0.3, 0.4) is 0 Å². The van der Waals surface area contributed by atoms with Gasteiger partial charge in [-0.1, -0.05) is 30.3 Å². The predicted octanol–water partition coefficient (Wildman–Crippen LogP) is 2.20. The SMILES string of the molecule is O=C(c1nn(Cc2ccccc2)c2c1CNCC2)N1CCCCC1. The van der Waals surface area contributed by atoms with Crippen LogP contribution in [0.1, 0.15) is 46.6 Å². The van der Waals surface area contributed by atoms with Crippen LogP contribution in [0.2, 0.25) is 0 Å². The average molecular weight is 324 g/mol. The summed E-state index contributed by atoms with van der Waals surface area (Å²) in [6.45, 7) is 4.17. The highest BCUT2D eigenvalue weighted by atomic mass is 16.2. The monoisotopic (exact) mass is 324 g/mol. The van der Waals surface area contributed by atoms with Gasteiger partial charge in [0.05, 0.1) is 6.54 Å². The first-order chi connectivity index (χ1) is 11.8. The fourth-order valence-corrected chi connectivity index (χ4v) is 3.73. The summed E-state index contributed by atoms with van der Waals surface area (Å²) < 4.78 is 2.04. The summed E-state index contributed by atoms with van der Waals surface area (Å²) in [6, 6.07) is 10.3. The number of hydrogen-bond donors (Lipinski definition) is 1. The molecule has 1 N–H and O–H groups in total. The summed E-state index contributed by atoms with van der Waals surface area (Å²) in [5.41, 5.74) is 4.21. The Kier molecular flexibility index (Phi) is 4.34. The van der Waals surface area contributed by atoms with E-state index in [4.69, 9.17) is 5.10 Å². The van der Waals surface area contributed by atoms with Crippen molar-refractivity contribution >= 4 is 5.91 Å². The molecule has 1 aromatic carbocycles. The van der Waals surface area contributed by atoms with E-state index < -0.39 is 0 Å². The van der Waals surface area contributed by atoms with Crippen LogP contribution >= 0.6 is 0 Å². The average Bonchev–Trinajstić information content (AvgIpc) is 3.01. The Morgan fingerprint density at radius 2 is 1.92 bits per heavy atom. The van der Waals surface area contributed by atoms with Crippen LogP contribution in [0, 0.1) is 0 Å². The Labute approximate surface area is 142 Å². The van der Waals surface area contributed by atoms with Gasteiger partial charge in [0.15, 0.2) is 5.69 Å². The standard InChI is InChI=1S/C19H24N4O/c24-19(22-11-5-2-6-12-22)18-16-13-20-10-9-17(16)23(21-18)14-15-7-3-1-4-8-15/h1,3-4,7-8,20H,2,5-6,9-14H2. The van der Waals surface area contributed by atoms with E-state index in [1.54, 1.807) is 0 Å². The van der Waals surface area contributed by atoms with Crippen LogP contribution in [0.5, 0.6) is 0 Å². The molecule has 0 saturated carbocycles. The largest absolute Gasteiger partial charge is 0.337 e. The molecule has 5 nitrogen and oxygen atoms in total. The number of fused-ring (bicyclic) bond motifs is 1. The van der Waals surface area contributed by atoms with Crippen LogP contribution in [0.15, 0.2) is 30.3 Å². The number of carbonyl (C=O) groups excluding carboxylic acids is 1. The van der Waals surface area contributed by atoms with Gasteiger partial charge in [-0.3, -0.25) is 9.48 Å². The van der Waals surface area contributed by atoms with Crippen molar-refractivity contribution in [2.24, 2.45) is 0 Å². The van der Waals surface area contributed by atoms with Gasteiger partial charge in [0.2, 0.25) is 0 Å². The zero-order valence-electron chi connectivity index (χ0n) is 14.0. The molecule has 2 aliphatic heterocycles. The second kappa shape index (κ2) is 6.77. The lowest BCUT2D eigenvalue weighted by atomic mass is 10.0. The molecule has 0 spiro atoms. The number of amides is 1. The Morgan fingerprint density at radius 3 is 2.71 bits per heavy atom. The van der Waals surface area contributed by atoms with Crippen LogP contribution in [-0.2, 0) is 19.5 Å². The molecule has 2 aromatic rings. The van der Waals surface area contributed by atoms with Gasteiger partial charge in [0, 0.05) is 43.9 Å². The summed E-state index contributed by atoms with van der Waals surface area (Å²) in [5.74, 6) is 0.112. The highest BCUT2D eigenvalue weighted by Gasteiger charge is 2.28. The molecule has 0 unspecified atom stereocenters. The zero-order valence-corrected chi connectivity index (χ0v) is 14.0. The second-order valence-electron chi connectivity index (χ2n) is 6.70. The Balaban J connectivity index is 1.65. The van der Waals surface area contributed by atoms with Gasteiger partial charge in [0.25, 0.3) is 5.91 Å². The smallest absolute Gasteiger partial charge is 0.274 e. The third-order valence-corrected chi connectivity index (χ3v) is 5.03. The maximum absolute atomic E-state index is 13.0. The molecule has 5 heteroatoms. The van der Waals surface area contributed by atoms with Crippen LogP contribution in [0.4, 0.5) is 0 Å². The van der Waals surface area contributed by atoms with Gasteiger partial charge < -0.3 is 10.2 Å². The number of nitrogens with zero attached hydrogens (tertiary/aromatic N) is 3. The minimum absolute atomic E-state index is 0.112. The van der Waals surface area contributed by atoms with E-state index in [-0.39, 0.29) is 5.91 Å². The maximum atomic E-state index is 13.0. The highest BCUT2D eigenvalue weighted by Crippen LogP contribution is 2.22. The van der Waals surface area contributed by atoms with Crippen molar-refractivity contribution in [3.8, 4) is 0 Å². The van der Waals surface area contributed by atoms with Crippen molar-refractivity contribution < 1.29 is 4.79 Å². The Bertz CT molecular complexity index is 716. The quantitative estimate of drug-likeness (QED) is 0.942. The van der Waals surface area contributed by atoms with Gasteiger partial charge in [-0.25, -0.2) is 0 Å². The van der Waals surface area contributed by atoms with E-state index in [0.29, 0.717) is 5.69 Å². The molecular weight excluding hydrogens is 300 g/mol. The first-order valence-electron chi connectivity index (χ1n) is 8.95. The number of nitrogens with one attached hydrogen (secondary N) is 1. The molecule has 0 radical (unpaired) electrons. The molecule has 1 amide bonds. The van der Waals surface area contributed by atoms with Gasteiger partial charge >= 0.3 is 0 Å². The number of rotatable bonds is 3. The second-order valence-corrected chi connectivity index (χ2v) is 6.70. The van der Waals surface area contributed by atoms with Crippen LogP contribution in [0.25, 0.3) is 0 Å². The molecule has 0 bridgehead atoms. The van der Waals surface area contributed by atoms with E-state index in [9.17, 15) is 4.79 Å². The minimum Gasteiger partial charge on any atom is -0.337 e. The van der Waals surface area contributed by atoms with Crippen molar-refractivity contribution in [1.82, 2.24) is 20.0 Å². The summed E-state index contributed by atoms with van der Waals surface area (Å²) in [4.78, 5) is 14.9. The molecule has 0 aliphatic carbocycles. The van der Waals surface area contributed by atoms with Crippen molar-refractivity contribution in [2.75, 3.05) is 19.6 Å².